The molecule has 1 saturated carbocycles. The fraction of sp³-hybridized carbons (Fsp3) is 0.929. The van der Waals surface area contributed by atoms with Gasteiger partial charge in [-0.2, -0.15) is 0 Å². The molecule has 3 heteroatoms. The number of ether oxygens (including phenoxy) is 1. The summed E-state index contributed by atoms with van der Waals surface area (Å²) in [5, 5.41) is 3.53. The Balaban J connectivity index is 2.28. The van der Waals surface area contributed by atoms with Gasteiger partial charge in [-0.1, -0.05) is 20.8 Å². The first-order valence-electron chi connectivity index (χ1n) is 6.94. The average molecular weight is 241 g/mol. The van der Waals surface area contributed by atoms with Crippen LogP contribution in [0.25, 0.3) is 0 Å². The zero-order chi connectivity index (χ0) is 12.8. The van der Waals surface area contributed by atoms with Gasteiger partial charge in [-0.25, -0.2) is 0 Å². The number of esters is 1. The molecule has 0 bridgehead atoms. The van der Waals surface area contributed by atoms with E-state index >= 15 is 0 Å². The molecule has 0 aliphatic heterocycles. The predicted octanol–water partition coefficient (Wildman–Crippen LogP) is 2.60. The molecule has 0 heterocycles. The first-order valence-corrected chi connectivity index (χ1v) is 6.94. The van der Waals surface area contributed by atoms with E-state index in [1.54, 1.807) is 0 Å². The number of nitrogens with one attached hydrogen (secondary N) is 1. The highest BCUT2D eigenvalue weighted by Crippen LogP contribution is 2.28. The van der Waals surface area contributed by atoms with Gasteiger partial charge in [-0.05, 0) is 38.0 Å². The van der Waals surface area contributed by atoms with Crippen LogP contribution in [-0.4, -0.2) is 25.2 Å². The maximum absolute atomic E-state index is 11.5. The normalized spacial score (nSPS) is 30.9. The second kappa shape index (κ2) is 7.00. The highest BCUT2D eigenvalue weighted by atomic mass is 16.5. The van der Waals surface area contributed by atoms with Crippen LogP contribution < -0.4 is 5.32 Å². The van der Waals surface area contributed by atoms with Gasteiger partial charge in [-0.3, -0.25) is 4.79 Å². The maximum Gasteiger partial charge on any atom is 0.309 e. The van der Waals surface area contributed by atoms with Gasteiger partial charge in [0.25, 0.3) is 0 Å². The van der Waals surface area contributed by atoms with Gasteiger partial charge in [-0.15, -0.1) is 0 Å². The van der Waals surface area contributed by atoms with Gasteiger partial charge < -0.3 is 10.1 Å². The SMILES string of the molecule is CCOC(=O)C(C)CNC1CCC(C)CC1C. The van der Waals surface area contributed by atoms with E-state index in [4.69, 9.17) is 4.74 Å². The van der Waals surface area contributed by atoms with Crippen LogP contribution in [0.15, 0.2) is 0 Å². The molecule has 1 rings (SSSR count). The smallest absolute Gasteiger partial charge is 0.309 e. The Labute approximate surface area is 105 Å². The average Bonchev–Trinajstić information content (AvgIpc) is 2.27. The zero-order valence-electron chi connectivity index (χ0n) is 11.7. The third kappa shape index (κ3) is 4.66. The van der Waals surface area contributed by atoms with Crippen LogP contribution in [0.5, 0.6) is 0 Å². The van der Waals surface area contributed by atoms with E-state index in [1.807, 2.05) is 13.8 Å². The van der Waals surface area contributed by atoms with Crippen LogP contribution in [0.3, 0.4) is 0 Å². The molecule has 0 saturated heterocycles. The van der Waals surface area contributed by atoms with Gasteiger partial charge in [0.1, 0.15) is 0 Å². The topological polar surface area (TPSA) is 38.3 Å². The van der Waals surface area contributed by atoms with Crippen molar-refractivity contribution in [1.29, 1.82) is 0 Å². The lowest BCUT2D eigenvalue weighted by Gasteiger charge is -2.33. The summed E-state index contributed by atoms with van der Waals surface area (Å²) in [6.07, 6.45) is 3.83. The Morgan fingerprint density at radius 2 is 2.12 bits per heavy atom. The summed E-state index contributed by atoms with van der Waals surface area (Å²) in [5.74, 6) is 1.44. The van der Waals surface area contributed by atoms with E-state index in [0.29, 0.717) is 18.6 Å². The van der Waals surface area contributed by atoms with Crippen LogP contribution >= 0.6 is 0 Å². The van der Waals surface area contributed by atoms with Gasteiger partial charge >= 0.3 is 5.97 Å². The zero-order valence-corrected chi connectivity index (χ0v) is 11.7. The van der Waals surface area contributed by atoms with Crippen LogP contribution in [0.2, 0.25) is 0 Å². The minimum Gasteiger partial charge on any atom is -0.466 e. The number of rotatable bonds is 5. The lowest BCUT2D eigenvalue weighted by molar-refractivity contribution is -0.147. The van der Waals surface area contributed by atoms with Crippen molar-refractivity contribution in [2.24, 2.45) is 17.8 Å². The Hall–Kier alpha value is -0.570. The molecule has 100 valence electrons. The summed E-state index contributed by atoms with van der Waals surface area (Å²) >= 11 is 0. The molecule has 0 amide bonds. The Morgan fingerprint density at radius 1 is 1.41 bits per heavy atom. The van der Waals surface area contributed by atoms with Crippen LogP contribution in [-0.2, 0) is 9.53 Å². The summed E-state index contributed by atoms with van der Waals surface area (Å²) in [6, 6.07) is 0.572. The third-order valence-corrected chi connectivity index (χ3v) is 3.81. The molecule has 0 spiro atoms. The lowest BCUT2D eigenvalue weighted by atomic mass is 9.80. The number of hydrogen-bond acceptors (Lipinski definition) is 3. The van der Waals surface area contributed by atoms with Crippen LogP contribution in [0, 0.1) is 17.8 Å². The van der Waals surface area contributed by atoms with E-state index in [2.05, 4.69) is 19.2 Å². The first-order chi connectivity index (χ1) is 8.04. The van der Waals surface area contributed by atoms with Gasteiger partial charge in [0, 0.05) is 12.6 Å². The summed E-state index contributed by atoms with van der Waals surface area (Å²) in [4.78, 5) is 11.5. The molecule has 4 unspecified atom stereocenters. The molecule has 4 atom stereocenters. The Morgan fingerprint density at radius 3 is 2.71 bits per heavy atom. The molecule has 1 fully saturated rings. The molecule has 0 radical (unpaired) electrons. The van der Waals surface area contributed by atoms with Crippen molar-refractivity contribution in [2.45, 2.75) is 53.0 Å². The Kier molecular flexibility index (Phi) is 5.96. The first kappa shape index (κ1) is 14.5. The molecule has 3 nitrogen and oxygen atoms in total. The van der Waals surface area contributed by atoms with Crippen molar-refractivity contribution in [3.8, 4) is 0 Å². The van der Waals surface area contributed by atoms with Gasteiger partial charge in [0.15, 0.2) is 0 Å². The molecular weight excluding hydrogens is 214 g/mol. The highest BCUT2D eigenvalue weighted by molar-refractivity contribution is 5.72. The summed E-state index contributed by atoms with van der Waals surface area (Å²) in [7, 11) is 0. The Bertz CT molecular complexity index is 242. The summed E-state index contributed by atoms with van der Waals surface area (Å²) < 4.78 is 5.01. The number of carbonyl (C=O) groups excluding carboxylic acids is 1. The molecule has 0 aromatic carbocycles. The van der Waals surface area contributed by atoms with E-state index in [1.165, 1.54) is 19.3 Å². The fourth-order valence-corrected chi connectivity index (χ4v) is 2.66. The second-order valence-electron chi connectivity index (χ2n) is 5.56. The van der Waals surface area contributed by atoms with Crippen molar-refractivity contribution in [1.82, 2.24) is 5.32 Å². The minimum atomic E-state index is -0.0863. The largest absolute Gasteiger partial charge is 0.466 e. The molecule has 0 aromatic rings. The number of carbonyl (C=O) groups is 1. The standard InChI is InChI=1S/C14H27NO2/c1-5-17-14(16)12(4)9-15-13-7-6-10(2)8-11(13)3/h10-13,15H,5-9H2,1-4H3. The molecule has 1 aliphatic carbocycles. The predicted molar refractivity (Wildman–Crippen MR) is 69.8 cm³/mol. The van der Waals surface area contributed by atoms with Crippen molar-refractivity contribution in [3.63, 3.8) is 0 Å². The molecule has 17 heavy (non-hydrogen) atoms. The molecular formula is C14H27NO2. The summed E-state index contributed by atoms with van der Waals surface area (Å²) in [5.41, 5.74) is 0. The van der Waals surface area contributed by atoms with Crippen LogP contribution in [0.4, 0.5) is 0 Å². The molecule has 1 N–H and O–H groups in total. The highest BCUT2D eigenvalue weighted by Gasteiger charge is 2.26. The second-order valence-corrected chi connectivity index (χ2v) is 5.56. The van der Waals surface area contributed by atoms with Gasteiger partial charge in [0.2, 0.25) is 0 Å². The minimum absolute atomic E-state index is 0.0403. The van der Waals surface area contributed by atoms with Crippen molar-refractivity contribution in [2.75, 3.05) is 13.2 Å². The van der Waals surface area contributed by atoms with E-state index in [9.17, 15) is 4.79 Å². The van der Waals surface area contributed by atoms with E-state index < -0.39 is 0 Å². The van der Waals surface area contributed by atoms with Crippen molar-refractivity contribution >= 4 is 5.97 Å². The fourth-order valence-electron chi connectivity index (χ4n) is 2.66. The third-order valence-electron chi connectivity index (χ3n) is 3.81. The lowest BCUT2D eigenvalue weighted by Crippen LogP contribution is -2.42. The van der Waals surface area contributed by atoms with E-state index in [0.717, 1.165) is 12.5 Å². The quantitative estimate of drug-likeness (QED) is 0.752. The summed E-state index contributed by atoms with van der Waals surface area (Å²) in [6.45, 7) is 9.63. The monoisotopic (exact) mass is 241 g/mol. The van der Waals surface area contributed by atoms with Crippen molar-refractivity contribution < 1.29 is 9.53 Å². The molecule has 1 aliphatic rings. The maximum atomic E-state index is 11.5. The number of hydrogen-bond donors (Lipinski definition) is 1. The van der Waals surface area contributed by atoms with Gasteiger partial charge in [0.05, 0.1) is 12.5 Å². The van der Waals surface area contributed by atoms with E-state index in [-0.39, 0.29) is 11.9 Å². The molecule has 0 aromatic heterocycles. The van der Waals surface area contributed by atoms with Crippen molar-refractivity contribution in [3.05, 3.63) is 0 Å². The van der Waals surface area contributed by atoms with Crippen LogP contribution in [0.1, 0.15) is 47.0 Å².